The monoisotopic (exact) mass is 411 g/mol. The fourth-order valence-corrected chi connectivity index (χ4v) is 3.36. The lowest BCUT2D eigenvalue weighted by Crippen LogP contribution is -2.31. The maximum Gasteiger partial charge on any atom is 0.260 e. The van der Waals surface area contributed by atoms with E-state index in [2.05, 4.69) is 19.9 Å². The van der Waals surface area contributed by atoms with Crippen LogP contribution in [0.2, 0.25) is 0 Å². The van der Waals surface area contributed by atoms with Crippen LogP contribution in [0.4, 0.5) is 10.2 Å². The van der Waals surface area contributed by atoms with Crippen molar-refractivity contribution >= 4 is 11.7 Å². The van der Waals surface area contributed by atoms with Gasteiger partial charge in [-0.15, -0.1) is 0 Å². The van der Waals surface area contributed by atoms with E-state index in [1.807, 2.05) is 0 Å². The third-order valence-electron chi connectivity index (χ3n) is 4.72. The number of halogens is 1. The Morgan fingerprint density at radius 3 is 2.43 bits per heavy atom. The molecule has 1 unspecified atom stereocenters. The zero-order chi connectivity index (χ0) is 21.3. The largest absolute Gasteiger partial charge is 0.494 e. The zero-order valence-corrected chi connectivity index (χ0v) is 16.5. The first kappa shape index (κ1) is 19.6. The molecule has 4 rings (SSSR count). The molecular formula is C20H18FN5O4. The molecular weight excluding hydrogens is 393 g/mol. The number of rotatable bonds is 6. The van der Waals surface area contributed by atoms with E-state index in [1.54, 1.807) is 18.5 Å². The predicted molar refractivity (Wildman–Crippen MR) is 104 cm³/mol. The van der Waals surface area contributed by atoms with Crippen molar-refractivity contribution in [1.82, 2.24) is 19.9 Å². The van der Waals surface area contributed by atoms with Crippen LogP contribution in [-0.4, -0.2) is 53.8 Å². The van der Waals surface area contributed by atoms with Crippen molar-refractivity contribution in [1.29, 1.82) is 0 Å². The summed E-state index contributed by atoms with van der Waals surface area (Å²) in [5.41, 5.74) is 0.770. The lowest BCUT2D eigenvalue weighted by Gasteiger charge is -2.25. The van der Waals surface area contributed by atoms with Gasteiger partial charge in [-0.1, -0.05) is 0 Å². The van der Waals surface area contributed by atoms with E-state index in [1.165, 1.54) is 44.6 Å². The van der Waals surface area contributed by atoms with Crippen molar-refractivity contribution in [2.45, 2.75) is 6.04 Å². The number of methoxy groups -OCH3 is 3. The van der Waals surface area contributed by atoms with E-state index in [9.17, 15) is 9.18 Å². The van der Waals surface area contributed by atoms with Crippen LogP contribution in [0.25, 0.3) is 11.6 Å². The number of benzene rings is 1. The molecule has 0 radical (unpaired) electrons. The van der Waals surface area contributed by atoms with E-state index >= 15 is 0 Å². The maximum absolute atomic E-state index is 14.4. The highest BCUT2D eigenvalue weighted by molar-refractivity contribution is 6.11. The van der Waals surface area contributed by atoms with E-state index < -0.39 is 11.9 Å². The Bertz CT molecular complexity index is 1100. The number of hydrogen-bond donors (Lipinski definition) is 0. The number of nitrogens with zero attached hydrogens (tertiary/aromatic N) is 5. The Morgan fingerprint density at radius 2 is 1.77 bits per heavy atom. The normalized spacial score (nSPS) is 15.3. The summed E-state index contributed by atoms with van der Waals surface area (Å²) in [4.78, 5) is 31.7. The van der Waals surface area contributed by atoms with Crippen molar-refractivity contribution in [3.63, 3.8) is 0 Å². The van der Waals surface area contributed by atoms with Gasteiger partial charge in [-0.2, -0.15) is 0 Å². The van der Waals surface area contributed by atoms with Crippen LogP contribution in [0.1, 0.15) is 22.0 Å². The molecule has 1 aromatic carbocycles. The van der Waals surface area contributed by atoms with Crippen LogP contribution >= 0.6 is 0 Å². The molecule has 0 fully saturated rings. The number of carbonyl (C=O) groups excluding carboxylic acids is 1. The molecule has 0 bridgehead atoms. The van der Waals surface area contributed by atoms with Crippen LogP contribution in [0.5, 0.6) is 11.5 Å². The van der Waals surface area contributed by atoms with Gasteiger partial charge in [0.05, 0.1) is 33.1 Å². The van der Waals surface area contributed by atoms with Gasteiger partial charge in [0.2, 0.25) is 0 Å². The Kier molecular flexibility index (Phi) is 5.23. The van der Waals surface area contributed by atoms with E-state index in [-0.39, 0.29) is 35.7 Å². The number of fused-ring (bicyclic) bond motifs is 1. The zero-order valence-electron chi connectivity index (χ0n) is 16.5. The molecule has 0 spiro atoms. The SMILES string of the molecule is COCC1c2cc(F)c(OC)cc2C(=O)N1c1nc(-c2ncccn2)ncc1OC. The van der Waals surface area contributed by atoms with Gasteiger partial charge >= 0.3 is 0 Å². The molecule has 2 aromatic heterocycles. The second-order valence-corrected chi connectivity index (χ2v) is 6.38. The molecule has 0 N–H and O–H groups in total. The van der Waals surface area contributed by atoms with Gasteiger partial charge in [-0.3, -0.25) is 9.69 Å². The van der Waals surface area contributed by atoms with Crippen molar-refractivity contribution in [3.8, 4) is 23.1 Å². The third kappa shape index (κ3) is 3.20. The van der Waals surface area contributed by atoms with Crippen molar-refractivity contribution in [2.75, 3.05) is 32.8 Å². The van der Waals surface area contributed by atoms with Crippen molar-refractivity contribution < 1.29 is 23.4 Å². The lowest BCUT2D eigenvalue weighted by atomic mass is 10.0. The summed E-state index contributed by atoms with van der Waals surface area (Å²) in [6, 6.07) is 3.71. The fraction of sp³-hybridized carbons (Fsp3) is 0.250. The average molecular weight is 411 g/mol. The summed E-state index contributed by atoms with van der Waals surface area (Å²) in [6.07, 6.45) is 4.57. The van der Waals surface area contributed by atoms with Crippen LogP contribution < -0.4 is 14.4 Å². The molecule has 1 amide bonds. The summed E-state index contributed by atoms with van der Waals surface area (Å²) in [6.45, 7) is 0.120. The van der Waals surface area contributed by atoms with Gasteiger partial charge in [0.1, 0.15) is 0 Å². The molecule has 1 aliphatic rings. The predicted octanol–water partition coefficient (Wildman–Crippen LogP) is 2.44. The Morgan fingerprint density at radius 1 is 1.03 bits per heavy atom. The number of carbonyl (C=O) groups is 1. The summed E-state index contributed by atoms with van der Waals surface area (Å²) in [5, 5.41) is 0. The molecule has 0 saturated heterocycles. The highest BCUT2D eigenvalue weighted by Gasteiger charge is 2.41. The third-order valence-corrected chi connectivity index (χ3v) is 4.72. The van der Waals surface area contributed by atoms with Crippen LogP contribution in [-0.2, 0) is 4.74 Å². The van der Waals surface area contributed by atoms with E-state index in [4.69, 9.17) is 14.2 Å². The number of hydrogen-bond acceptors (Lipinski definition) is 8. The molecule has 0 aliphatic carbocycles. The van der Waals surface area contributed by atoms with Crippen LogP contribution in [0.3, 0.4) is 0 Å². The van der Waals surface area contributed by atoms with Crippen molar-refractivity contribution in [2.24, 2.45) is 0 Å². The highest BCUT2D eigenvalue weighted by Crippen LogP contribution is 2.42. The summed E-state index contributed by atoms with van der Waals surface area (Å²) in [5.74, 6) is 0.00839. The van der Waals surface area contributed by atoms with Gasteiger partial charge in [0.15, 0.2) is 34.8 Å². The first-order valence-electron chi connectivity index (χ1n) is 8.97. The van der Waals surface area contributed by atoms with Crippen LogP contribution in [0, 0.1) is 5.82 Å². The molecule has 30 heavy (non-hydrogen) atoms. The summed E-state index contributed by atoms with van der Waals surface area (Å²) in [7, 11) is 4.29. The Labute approximate surface area is 171 Å². The van der Waals surface area contributed by atoms with Crippen molar-refractivity contribution in [3.05, 3.63) is 53.7 Å². The van der Waals surface area contributed by atoms with Gasteiger partial charge in [-0.05, 0) is 23.8 Å². The lowest BCUT2D eigenvalue weighted by molar-refractivity contribution is 0.0972. The van der Waals surface area contributed by atoms with Gasteiger partial charge in [-0.25, -0.2) is 24.3 Å². The molecule has 1 atom stereocenters. The standard InChI is InChI=1S/C20H18FN5O4/c1-28-10-14-11-7-13(21)15(29-2)8-12(11)20(27)26(14)19-16(30-3)9-24-18(25-19)17-22-5-4-6-23-17/h4-9,14H,10H2,1-3H3. The molecule has 3 heterocycles. The average Bonchev–Trinajstić information content (AvgIpc) is 3.04. The maximum atomic E-state index is 14.4. The second-order valence-electron chi connectivity index (χ2n) is 6.38. The first-order valence-corrected chi connectivity index (χ1v) is 8.97. The second kappa shape index (κ2) is 7.99. The minimum absolute atomic E-state index is 0.0202. The van der Waals surface area contributed by atoms with E-state index in [0.717, 1.165) is 0 Å². The quantitative estimate of drug-likeness (QED) is 0.610. The molecule has 1 aliphatic heterocycles. The number of anilines is 1. The first-order chi connectivity index (χ1) is 14.6. The van der Waals surface area contributed by atoms with Gasteiger partial charge < -0.3 is 14.2 Å². The number of amides is 1. The molecule has 10 heteroatoms. The van der Waals surface area contributed by atoms with Gasteiger partial charge in [0.25, 0.3) is 5.91 Å². The smallest absolute Gasteiger partial charge is 0.260 e. The minimum atomic E-state index is -0.619. The summed E-state index contributed by atoms with van der Waals surface area (Å²) < 4.78 is 30.1. The summed E-state index contributed by atoms with van der Waals surface area (Å²) >= 11 is 0. The highest BCUT2D eigenvalue weighted by atomic mass is 19.1. The Hall–Kier alpha value is -3.66. The van der Waals surface area contributed by atoms with Crippen LogP contribution in [0.15, 0.2) is 36.8 Å². The number of ether oxygens (including phenoxy) is 3. The fourth-order valence-electron chi connectivity index (χ4n) is 3.36. The Balaban J connectivity index is 1.87. The molecule has 0 saturated carbocycles. The number of aromatic nitrogens is 4. The molecule has 9 nitrogen and oxygen atoms in total. The van der Waals surface area contributed by atoms with Gasteiger partial charge in [0, 0.05) is 25.1 Å². The molecule has 154 valence electrons. The van der Waals surface area contributed by atoms with E-state index in [0.29, 0.717) is 17.0 Å². The molecule has 3 aromatic rings. The topological polar surface area (TPSA) is 99.6 Å². The minimum Gasteiger partial charge on any atom is -0.494 e.